The van der Waals surface area contributed by atoms with Gasteiger partial charge in [0.2, 0.25) is 5.91 Å². The fourth-order valence-corrected chi connectivity index (χ4v) is 3.65. The Balaban J connectivity index is 1.91. The molecule has 0 saturated carbocycles. The molecule has 114 valence electrons. The Bertz CT molecular complexity index is 746. The van der Waals surface area contributed by atoms with E-state index in [1.807, 2.05) is 37.3 Å². The van der Waals surface area contributed by atoms with Crippen molar-refractivity contribution in [3.8, 4) is 0 Å². The van der Waals surface area contributed by atoms with Crippen LogP contribution in [0.3, 0.4) is 0 Å². The minimum absolute atomic E-state index is 0.0762. The monoisotopic (exact) mass is 334 g/mol. The van der Waals surface area contributed by atoms with Gasteiger partial charge in [-0.2, -0.15) is 0 Å². The summed E-state index contributed by atoms with van der Waals surface area (Å²) in [4.78, 5) is 12.7. The van der Waals surface area contributed by atoms with E-state index in [9.17, 15) is 9.00 Å². The molecule has 1 unspecified atom stereocenters. The van der Waals surface area contributed by atoms with Gasteiger partial charge in [-0.1, -0.05) is 35.4 Å². The molecule has 1 heterocycles. The van der Waals surface area contributed by atoms with Crippen LogP contribution in [0.2, 0.25) is 5.02 Å². The average Bonchev–Trinajstić information content (AvgIpc) is 2.65. The van der Waals surface area contributed by atoms with E-state index in [1.54, 1.807) is 16.4 Å². The lowest BCUT2D eigenvalue weighted by Crippen LogP contribution is -2.31. The number of fused-ring (bicyclic) bond motifs is 1. The van der Waals surface area contributed by atoms with E-state index >= 15 is 0 Å². The second-order valence-electron chi connectivity index (χ2n) is 5.21. The summed E-state index contributed by atoms with van der Waals surface area (Å²) in [6.07, 6.45) is 0. The molecule has 2 aromatic carbocycles. The molecule has 1 atom stereocenters. The largest absolute Gasteiger partial charge is 0.325 e. The van der Waals surface area contributed by atoms with Gasteiger partial charge >= 0.3 is 0 Å². The second kappa shape index (κ2) is 6.20. The molecule has 3 rings (SSSR count). The molecular weight excluding hydrogens is 320 g/mol. The third-order valence-corrected chi connectivity index (χ3v) is 5.11. The van der Waals surface area contributed by atoms with Crippen molar-refractivity contribution in [1.29, 1.82) is 0 Å². The average molecular weight is 335 g/mol. The number of amides is 1. The summed E-state index contributed by atoms with van der Waals surface area (Å²) >= 11 is 5.96. The number of hydrogen-bond acceptors (Lipinski definition) is 2. The Morgan fingerprint density at radius 2 is 1.86 bits per heavy atom. The van der Waals surface area contributed by atoms with E-state index < -0.39 is 11.0 Å². The fraction of sp³-hybridized carbons (Fsp3) is 0.188. The highest BCUT2D eigenvalue weighted by atomic mass is 35.5. The van der Waals surface area contributed by atoms with Crippen molar-refractivity contribution in [3.05, 3.63) is 58.6 Å². The number of anilines is 1. The second-order valence-corrected chi connectivity index (χ2v) is 7.13. The van der Waals surface area contributed by atoms with Crippen LogP contribution < -0.4 is 5.32 Å². The molecule has 22 heavy (non-hydrogen) atoms. The number of aryl methyl sites for hydroxylation is 1. The van der Waals surface area contributed by atoms with Crippen LogP contribution in [0, 0.1) is 6.92 Å². The fourth-order valence-electron chi connectivity index (χ4n) is 2.32. The van der Waals surface area contributed by atoms with Crippen LogP contribution in [0.1, 0.15) is 11.1 Å². The van der Waals surface area contributed by atoms with Gasteiger partial charge in [0.15, 0.2) is 0 Å². The van der Waals surface area contributed by atoms with Crippen molar-refractivity contribution in [1.82, 2.24) is 4.31 Å². The van der Waals surface area contributed by atoms with Gasteiger partial charge in [0.05, 0.1) is 11.4 Å². The van der Waals surface area contributed by atoms with Gasteiger partial charge in [-0.15, -0.1) is 0 Å². The first-order valence-electron chi connectivity index (χ1n) is 6.85. The molecule has 6 heteroatoms. The van der Waals surface area contributed by atoms with Crippen LogP contribution in [-0.4, -0.2) is 21.0 Å². The van der Waals surface area contributed by atoms with Crippen LogP contribution >= 0.6 is 11.6 Å². The van der Waals surface area contributed by atoms with Gasteiger partial charge in [0.1, 0.15) is 11.0 Å². The van der Waals surface area contributed by atoms with Crippen LogP contribution in [0.15, 0.2) is 47.4 Å². The van der Waals surface area contributed by atoms with Crippen molar-refractivity contribution >= 4 is 34.2 Å². The van der Waals surface area contributed by atoms with Crippen LogP contribution in [0.4, 0.5) is 5.69 Å². The minimum atomic E-state index is -1.38. The van der Waals surface area contributed by atoms with Gasteiger partial charge in [0, 0.05) is 17.3 Å². The van der Waals surface area contributed by atoms with E-state index in [1.165, 1.54) is 0 Å². The first-order chi connectivity index (χ1) is 10.5. The molecule has 0 radical (unpaired) electrons. The molecule has 1 aliphatic heterocycles. The van der Waals surface area contributed by atoms with E-state index in [4.69, 9.17) is 11.6 Å². The Morgan fingerprint density at radius 3 is 2.59 bits per heavy atom. The zero-order chi connectivity index (χ0) is 15.7. The third kappa shape index (κ3) is 3.21. The number of carbonyl (C=O) groups is 1. The van der Waals surface area contributed by atoms with Crippen molar-refractivity contribution < 1.29 is 9.00 Å². The highest BCUT2D eigenvalue weighted by molar-refractivity contribution is 7.82. The van der Waals surface area contributed by atoms with Gasteiger partial charge in [-0.05, 0) is 36.8 Å². The maximum absolute atomic E-state index is 12.7. The van der Waals surface area contributed by atoms with Crippen molar-refractivity contribution in [3.63, 3.8) is 0 Å². The first kappa shape index (κ1) is 15.2. The number of nitrogens with one attached hydrogen (secondary N) is 1. The molecule has 0 bridgehead atoms. The maximum Gasteiger partial charge on any atom is 0.239 e. The van der Waals surface area contributed by atoms with Gasteiger partial charge < -0.3 is 5.32 Å². The van der Waals surface area contributed by atoms with E-state index in [0.717, 1.165) is 11.1 Å². The summed E-state index contributed by atoms with van der Waals surface area (Å²) in [5, 5.41) is 3.37. The number of carbonyl (C=O) groups excluding carboxylic acids is 1. The standard InChI is InChI=1S/C16H15ClN2O2S/c1-11-2-6-14(7-3-11)22(21)19-9-12-4-5-13(17)8-15(12)18-16(20)10-19/h2-8H,9-10H2,1H3,(H,18,20). The van der Waals surface area contributed by atoms with E-state index in [2.05, 4.69) is 5.32 Å². The summed E-state index contributed by atoms with van der Waals surface area (Å²) in [5.74, 6) is -0.193. The molecule has 1 amide bonds. The number of hydrogen-bond donors (Lipinski definition) is 1. The number of benzene rings is 2. The summed E-state index contributed by atoms with van der Waals surface area (Å²) in [7, 11) is -1.38. The molecule has 0 saturated heterocycles. The van der Waals surface area contributed by atoms with Gasteiger partial charge in [0.25, 0.3) is 0 Å². The van der Waals surface area contributed by atoms with Gasteiger partial charge in [-0.3, -0.25) is 4.79 Å². The molecule has 1 N–H and O–H groups in total. The summed E-state index contributed by atoms with van der Waals surface area (Å²) in [6, 6.07) is 12.8. The predicted octanol–water partition coefficient (Wildman–Crippen LogP) is 3.13. The minimum Gasteiger partial charge on any atom is -0.325 e. The zero-order valence-corrected chi connectivity index (χ0v) is 13.6. The molecule has 0 fully saturated rings. The van der Waals surface area contributed by atoms with E-state index in [-0.39, 0.29) is 12.5 Å². The molecule has 0 spiro atoms. The Morgan fingerprint density at radius 1 is 1.14 bits per heavy atom. The number of halogens is 1. The lowest BCUT2D eigenvalue weighted by Gasteiger charge is -2.18. The van der Waals surface area contributed by atoms with Gasteiger partial charge in [-0.25, -0.2) is 8.51 Å². The summed E-state index contributed by atoms with van der Waals surface area (Å²) in [6.45, 7) is 2.48. The zero-order valence-electron chi connectivity index (χ0n) is 12.0. The Kier molecular flexibility index (Phi) is 4.29. The smallest absolute Gasteiger partial charge is 0.239 e. The van der Waals surface area contributed by atoms with Crippen LogP contribution in [0.5, 0.6) is 0 Å². The summed E-state index contributed by atoms with van der Waals surface area (Å²) in [5.41, 5.74) is 2.69. The molecule has 1 aliphatic rings. The molecular formula is C16H15ClN2O2S. The Hall–Kier alpha value is -1.69. The van der Waals surface area contributed by atoms with Crippen LogP contribution in [0.25, 0.3) is 0 Å². The lowest BCUT2D eigenvalue weighted by atomic mass is 10.2. The van der Waals surface area contributed by atoms with Crippen molar-refractivity contribution in [2.75, 3.05) is 11.9 Å². The SMILES string of the molecule is Cc1ccc(S(=O)N2CC(=O)Nc3cc(Cl)ccc3C2)cc1. The predicted molar refractivity (Wildman–Crippen MR) is 88.1 cm³/mol. The number of nitrogens with zero attached hydrogens (tertiary/aromatic N) is 1. The molecule has 0 aromatic heterocycles. The van der Waals surface area contributed by atoms with Crippen molar-refractivity contribution in [2.45, 2.75) is 18.4 Å². The molecule has 0 aliphatic carbocycles. The van der Waals surface area contributed by atoms with Crippen LogP contribution in [-0.2, 0) is 22.3 Å². The Labute approximate surface area is 136 Å². The maximum atomic E-state index is 12.7. The first-order valence-corrected chi connectivity index (χ1v) is 8.33. The molecule has 4 nitrogen and oxygen atoms in total. The quantitative estimate of drug-likeness (QED) is 0.917. The summed E-state index contributed by atoms with van der Waals surface area (Å²) < 4.78 is 14.4. The highest BCUT2D eigenvalue weighted by Crippen LogP contribution is 2.26. The normalized spacial score (nSPS) is 16.5. The topological polar surface area (TPSA) is 49.4 Å². The highest BCUT2D eigenvalue weighted by Gasteiger charge is 2.24. The lowest BCUT2D eigenvalue weighted by molar-refractivity contribution is -0.116. The third-order valence-electron chi connectivity index (χ3n) is 3.47. The van der Waals surface area contributed by atoms with Crippen molar-refractivity contribution in [2.24, 2.45) is 0 Å². The van der Waals surface area contributed by atoms with E-state index in [0.29, 0.717) is 22.2 Å². The number of rotatable bonds is 2. The molecule has 2 aromatic rings.